The molecule has 0 amide bonds. The minimum atomic E-state index is -0.610. The van der Waals surface area contributed by atoms with Gasteiger partial charge >= 0.3 is 0 Å². The van der Waals surface area contributed by atoms with E-state index in [-0.39, 0.29) is 22.4 Å². The first-order valence-corrected chi connectivity index (χ1v) is 10.8. The maximum atomic E-state index is 14.1. The zero-order valence-corrected chi connectivity index (χ0v) is 19.3. The van der Waals surface area contributed by atoms with Gasteiger partial charge in [0, 0.05) is 29.1 Å². The molecule has 1 heterocycles. The zero-order valence-electron chi connectivity index (χ0n) is 18.5. The van der Waals surface area contributed by atoms with Gasteiger partial charge in [-0.05, 0) is 79.8 Å². The van der Waals surface area contributed by atoms with E-state index in [0.29, 0.717) is 45.4 Å². The van der Waals surface area contributed by atoms with E-state index < -0.39 is 5.82 Å². The molecular weight excluding hydrogens is 458 g/mol. The van der Waals surface area contributed by atoms with Crippen molar-refractivity contribution in [3.63, 3.8) is 0 Å². The molecule has 1 aromatic heterocycles. The van der Waals surface area contributed by atoms with Crippen molar-refractivity contribution in [1.29, 1.82) is 0 Å². The molecule has 1 N–H and O–H groups in total. The number of carbonyl (C=O) groups excluding carboxylic acids is 1. The van der Waals surface area contributed by atoms with Crippen molar-refractivity contribution in [1.82, 2.24) is 9.88 Å². The third-order valence-electron chi connectivity index (χ3n) is 5.28. The Bertz CT molecular complexity index is 1420. The summed E-state index contributed by atoms with van der Waals surface area (Å²) in [5, 5.41) is 10.6. The molecule has 0 atom stereocenters. The van der Waals surface area contributed by atoms with Gasteiger partial charge in [0.1, 0.15) is 17.4 Å². The van der Waals surface area contributed by atoms with Crippen molar-refractivity contribution in [2.24, 2.45) is 0 Å². The number of aromatic nitrogens is 1. The Kier molecular flexibility index (Phi) is 6.72. The molecule has 0 aliphatic rings. The Hall–Kier alpha value is -3.61. The maximum absolute atomic E-state index is 14.1. The molecule has 0 unspecified atom stereocenters. The molecule has 0 aliphatic heterocycles. The number of phenolic OH excluding ortho intramolecular Hbond substituents is 1. The molecule has 172 valence electrons. The fourth-order valence-corrected chi connectivity index (χ4v) is 3.82. The quantitative estimate of drug-likeness (QED) is 0.254. The normalized spacial score (nSPS) is 11.6. The zero-order chi connectivity index (χ0) is 24.4. The number of ketones is 1. The summed E-state index contributed by atoms with van der Waals surface area (Å²) in [6.07, 6.45) is 2.92. The van der Waals surface area contributed by atoms with Crippen LogP contribution in [0, 0.1) is 11.6 Å². The number of allylic oxidation sites excluding steroid dienone is 1. The first-order chi connectivity index (χ1) is 16.2. The lowest BCUT2D eigenvalue weighted by molar-refractivity contribution is 0.104. The number of pyridine rings is 1. The van der Waals surface area contributed by atoms with Crippen LogP contribution >= 0.6 is 11.6 Å². The van der Waals surface area contributed by atoms with Crippen molar-refractivity contribution < 1.29 is 18.7 Å². The average molecular weight is 479 g/mol. The molecule has 0 saturated heterocycles. The number of hydrogen-bond donors (Lipinski definition) is 1. The van der Waals surface area contributed by atoms with Crippen LogP contribution < -0.4 is 0 Å². The molecule has 0 bridgehead atoms. The summed E-state index contributed by atoms with van der Waals surface area (Å²) >= 11 is 6.00. The Morgan fingerprint density at radius 2 is 1.79 bits per heavy atom. The first kappa shape index (κ1) is 23.5. The highest BCUT2D eigenvalue weighted by Gasteiger charge is 2.12. The number of aromatic hydroxyl groups is 1. The SMILES string of the molecule is CN(C)Cc1cc(C(=O)/C=C/c2cc(-c3ccc(F)cc3)c3cc(Cl)c(F)cc3n2)ccc1O. The third-order valence-corrected chi connectivity index (χ3v) is 5.57. The van der Waals surface area contributed by atoms with E-state index in [4.69, 9.17) is 11.6 Å². The minimum Gasteiger partial charge on any atom is -0.508 e. The minimum absolute atomic E-state index is 0.0445. The molecule has 0 radical (unpaired) electrons. The first-order valence-electron chi connectivity index (χ1n) is 10.5. The average Bonchev–Trinajstić information content (AvgIpc) is 2.79. The van der Waals surface area contributed by atoms with Crippen LogP contribution in [-0.4, -0.2) is 34.9 Å². The molecule has 3 aromatic carbocycles. The molecule has 4 rings (SSSR count). The van der Waals surface area contributed by atoms with E-state index >= 15 is 0 Å². The fourth-order valence-electron chi connectivity index (χ4n) is 3.66. The Morgan fingerprint density at radius 1 is 1.06 bits per heavy atom. The second kappa shape index (κ2) is 9.71. The van der Waals surface area contributed by atoms with Gasteiger partial charge in [-0.25, -0.2) is 13.8 Å². The van der Waals surface area contributed by atoms with Crippen molar-refractivity contribution in [3.05, 3.63) is 100 Å². The van der Waals surface area contributed by atoms with Gasteiger partial charge in [0.25, 0.3) is 0 Å². The van der Waals surface area contributed by atoms with Gasteiger partial charge in [0.2, 0.25) is 0 Å². The monoisotopic (exact) mass is 478 g/mol. The number of nitrogens with zero attached hydrogens (tertiary/aromatic N) is 2. The number of carbonyl (C=O) groups is 1. The molecule has 4 nitrogen and oxygen atoms in total. The number of fused-ring (bicyclic) bond motifs is 1. The predicted molar refractivity (Wildman–Crippen MR) is 131 cm³/mol. The van der Waals surface area contributed by atoms with Gasteiger partial charge in [0.15, 0.2) is 5.78 Å². The van der Waals surface area contributed by atoms with Crippen LogP contribution in [0.2, 0.25) is 5.02 Å². The van der Waals surface area contributed by atoms with E-state index in [9.17, 15) is 18.7 Å². The van der Waals surface area contributed by atoms with Crippen LogP contribution in [0.15, 0.2) is 66.7 Å². The van der Waals surface area contributed by atoms with Gasteiger partial charge in [-0.3, -0.25) is 4.79 Å². The van der Waals surface area contributed by atoms with E-state index in [0.717, 1.165) is 0 Å². The largest absolute Gasteiger partial charge is 0.508 e. The Labute approximate surface area is 200 Å². The van der Waals surface area contributed by atoms with Gasteiger partial charge in [-0.2, -0.15) is 0 Å². The van der Waals surface area contributed by atoms with E-state index in [1.807, 2.05) is 19.0 Å². The second-order valence-electron chi connectivity index (χ2n) is 8.16. The smallest absolute Gasteiger partial charge is 0.185 e. The van der Waals surface area contributed by atoms with Crippen molar-refractivity contribution >= 4 is 34.4 Å². The van der Waals surface area contributed by atoms with E-state index in [2.05, 4.69) is 4.98 Å². The van der Waals surface area contributed by atoms with Gasteiger partial charge < -0.3 is 10.0 Å². The van der Waals surface area contributed by atoms with Gasteiger partial charge in [0.05, 0.1) is 16.2 Å². The maximum Gasteiger partial charge on any atom is 0.185 e. The molecule has 34 heavy (non-hydrogen) atoms. The summed E-state index contributed by atoms with van der Waals surface area (Å²) in [4.78, 5) is 19.1. The van der Waals surface area contributed by atoms with E-state index in [1.165, 1.54) is 36.4 Å². The topological polar surface area (TPSA) is 53.4 Å². The summed E-state index contributed by atoms with van der Waals surface area (Å²) < 4.78 is 27.6. The molecule has 4 aromatic rings. The van der Waals surface area contributed by atoms with Crippen LogP contribution in [0.5, 0.6) is 5.75 Å². The molecular formula is C27H21ClF2N2O2. The number of phenols is 1. The Balaban J connectivity index is 1.74. The van der Waals surface area contributed by atoms with Gasteiger partial charge in [-0.15, -0.1) is 0 Å². The second-order valence-corrected chi connectivity index (χ2v) is 8.57. The van der Waals surface area contributed by atoms with Crippen LogP contribution in [0.1, 0.15) is 21.6 Å². The summed E-state index contributed by atoms with van der Waals surface area (Å²) in [6.45, 7) is 0.484. The standard InChI is InChI=1S/C27H21ClF2N2O2/c1-32(2)15-18-11-17(5-9-27(18)34)26(33)10-8-20-12-21(16-3-6-19(29)7-4-16)22-13-23(28)24(30)14-25(22)31-20/h3-14,34H,15H2,1-2H3/b10-8+. The predicted octanol–water partition coefficient (Wildman–Crippen LogP) is 6.50. The molecule has 7 heteroatoms. The number of hydrogen-bond acceptors (Lipinski definition) is 4. The Morgan fingerprint density at radius 3 is 2.50 bits per heavy atom. The number of benzene rings is 3. The van der Waals surface area contributed by atoms with Crippen molar-refractivity contribution in [3.8, 4) is 16.9 Å². The van der Waals surface area contributed by atoms with Crippen molar-refractivity contribution in [2.45, 2.75) is 6.54 Å². The highest BCUT2D eigenvalue weighted by molar-refractivity contribution is 6.31. The highest BCUT2D eigenvalue weighted by atomic mass is 35.5. The van der Waals surface area contributed by atoms with Crippen LogP contribution in [0.3, 0.4) is 0 Å². The third kappa shape index (κ3) is 5.14. The van der Waals surface area contributed by atoms with Crippen molar-refractivity contribution in [2.75, 3.05) is 14.1 Å². The number of halogens is 3. The number of rotatable bonds is 6. The van der Waals surface area contributed by atoms with Crippen LogP contribution in [0.25, 0.3) is 28.1 Å². The molecule has 0 spiro atoms. The van der Waals surface area contributed by atoms with Crippen LogP contribution in [0.4, 0.5) is 8.78 Å². The molecule has 0 fully saturated rings. The lowest BCUT2D eigenvalue weighted by atomic mass is 9.99. The molecule has 0 saturated carbocycles. The summed E-state index contributed by atoms with van der Waals surface area (Å²) in [6, 6.07) is 15.1. The lowest BCUT2D eigenvalue weighted by Gasteiger charge is -2.12. The highest BCUT2D eigenvalue weighted by Crippen LogP contribution is 2.32. The fraction of sp³-hybridized carbons (Fsp3) is 0.111. The molecule has 0 aliphatic carbocycles. The summed E-state index contributed by atoms with van der Waals surface area (Å²) in [7, 11) is 3.74. The summed E-state index contributed by atoms with van der Waals surface area (Å²) in [5.74, 6) is -1.14. The summed E-state index contributed by atoms with van der Waals surface area (Å²) in [5.41, 5.74) is 3.21. The van der Waals surface area contributed by atoms with Crippen LogP contribution in [-0.2, 0) is 6.54 Å². The van der Waals surface area contributed by atoms with Gasteiger partial charge in [-0.1, -0.05) is 23.7 Å². The lowest BCUT2D eigenvalue weighted by Crippen LogP contribution is -2.11. The van der Waals surface area contributed by atoms with E-state index in [1.54, 1.807) is 36.4 Å².